The Morgan fingerprint density at radius 1 is 1.59 bits per heavy atom. The predicted molar refractivity (Wildman–Crippen MR) is 68.6 cm³/mol. The molecule has 4 nitrogen and oxygen atoms in total. The fraction of sp³-hybridized carbons (Fsp3) is 0.923. The van der Waals surface area contributed by atoms with Gasteiger partial charge in [-0.2, -0.15) is 0 Å². The minimum absolute atomic E-state index is 0.141. The van der Waals surface area contributed by atoms with Crippen LogP contribution in [0, 0.1) is 5.41 Å². The predicted octanol–water partition coefficient (Wildman–Crippen LogP) is 0.716. The average molecular weight is 239 g/mol. The third-order valence-corrected chi connectivity index (χ3v) is 4.34. The number of nitrogens with zero attached hydrogens (tertiary/aromatic N) is 1. The van der Waals surface area contributed by atoms with Crippen LogP contribution in [0.1, 0.15) is 39.0 Å². The molecule has 98 valence electrons. The van der Waals surface area contributed by atoms with Crippen molar-refractivity contribution in [2.24, 2.45) is 11.1 Å². The third-order valence-electron chi connectivity index (χ3n) is 4.34. The molecule has 0 saturated carbocycles. The van der Waals surface area contributed by atoms with Crippen LogP contribution in [0.25, 0.3) is 0 Å². The van der Waals surface area contributed by atoms with Crippen LogP contribution in [0.15, 0.2) is 0 Å². The lowest BCUT2D eigenvalue weighted by atomic mass is 9.89. The summed E-state index contributed by atoms with van der Waals surface area (Å²) < 4.78 is 0. The number of rotatable bonds is 5. The summed E-state index contributed by atoms with van der Waals surface area (Å²) in [6.07, 6.45) is 6.08. The van der Waals surface area contributed by atoms with Crippen LogP contribution in [-0.4, -0.2) is 43.0 Å². The number of hydrogen-bond acceptors (Lipinski definition) is 3. The molecule has 1 amide bonds. The highest BCUT2D eigenvalue weighted by Crippen LogP contribution is 2.29. The topological polar surface area (TPSA) is 58.4 Å². The lowest BCUT2D eigenvalue weighted by Crippen LogP contribution is -2.37. The van der Waals surface area contributed by atoms with E-state index in [1.807, 2.05) is 6.92 Å². The molecule has 0 aliphatic carbocycles. The smallest absolute Gasteiger partial charge is 0.224 e. The lowest BCUT2D eigenvalue weighted by Gasteiger charge is -2.21. The molecule has 0 aromatic carbocycles. The van der Waals surface area contributed by atoms with Gasteiger partial charge in [0.2, 0.25) is 5.91 Å². The van der Waals surface area contributed by atoms with Crippen LogP contribution < -0.4 is 11.1 Å². The third kappa shape index (κ3) is 3.19. The second kappa shape index (κ2) is 5.36. The van der Waals surface area contributed by atoms with E-state index in [0.717, 1.165) is 32.1 Å². The Bertz CT molecular complexity index is 276. The molecule has 2 atom stereocenters. The minimum Gasteiger partial charge on any atom is -0.369 e. The summed E-state index contributed by atoms with van der Waals surface area (Å²) in [5.74, 6) is -0.141. The Hall–Kier alpha value is -0.610. The van der Waals surface area contributed by atoms with Crippen LogP contribution in [-0.2, 0) is 4.79 Å². The number of likely N-dealkylation sites (tertiary alicyclic amines) is 1. The van der Waals surface area contributed by atoms with Crippen molar-refractivity contribution in [2.45, 2.75) is 45.1 Å². The van der Waals surface area contributed by atoms with E-state index in [1.165, 1.54) is 32.2 Å². The van der Waals surface area contributed by atoms with Crippen LogP contribution in [0.5, 0.6) is 0 Å². The number of carbonyl (C=O) groups is 1. The van der Waals surface area contributed by atoms with Crippen LogP contribution in [0.3, 0.4) is 0 Å². The summed E-state index contributed by atoms with van der Waals surface area (Å²) in [4.78, 5) is 13.7. The highest BCUT2D eigenvalue weighted by atomic mass is 16.1. The molecule has 2 unspecified atom stereocenters. The molecule has 2 saturated heterocycles. The Morgan fingerprint density at radius 3 is 3.00 bits per heavy atom. The molecule has 0 bridgehead atoms. The second-order valence-electron chi connectivity index (χ2n) is 5.89. The summed E-state index contributed by atoms with van der Waals surface area (Å²) in [5.41, 5.74) is 5.16. The van der Waals surface area contributed by atoms with Crippen LogP contribution in [0.4, 0.5) is 0 Å². The van der Waals surface area contributed by atoms with Crippen LogP contribution in [0.2, 0.25) is 0 Å². The molecule has 2 aliphatic heterocycles. The number of nitrogens with two attached hydrogens (primary N) is 1. The zero-order chi connectivity index (χ0) is 12.3. The highest BCUT2D eigenvalue weighted by Gasteiger charge is 2.38. The van der Waals surface area contributed by atoms with Crippen molar-refractivity contribution in [3.05, 3.63) is 0 Å². The maximum absolute atomic E-state index is 11.3. The van der Waals surface area contributed by atoms with E-state index in [0.29, 0.717) is 0 Å². The molecule has 3 N–H and O–H groups in total. The highest BCUT2D eigenvalue weighted by molar-refractivity contribution is 5.81. The number of nitrogens with one attached hydrogen (secondary N) is 1. The van der Waals surface area contributed by atoms with E-state index in [9.17, 15) is 4.79 Å². The average Bonchev–Trinajstić information content (AvgIpc) is 2.89. The summed E-state index contributed by atoms with van der Waals surface area (Å²) in [6.45, 7) is 6.17. The van der Waals surface area contributed by atoms with Gasteiger partial charge < -0.3 is 16.0 Å². The van der Waals surface area contributed by atoms with Gasteiger partial charge in [-0.3, -0.25) is 4.79 Å². The van der Waals surface area contributed by atoms with Crippen molar-refractivity contribution in [3.8, 4) is 0 Å². The Kier molecular flexibility index (Phi) is 4.05. The first kappa shape index (κ1) is 12.8. The molecule has 0 spiro atoms. The second-order valence-corrected chi connectivity index (χ2v) is 5.89. The quantitative estimate of drug-likeness (QED) is 0.743. The molecule has 0 aromatic rings. The first-order valence-electron chi connectivity index (χ1n) is 6.86. The summed E-state index contributed by atoms with van der Waals surface area (Å²) in [5, 5.41) is 3.52. The van der Waals surface area contributed by atoms with Crippen molar-refractivity contribution in [1.29, 1.82) is 0 Å². The van der Waals surface area contributed by atoms with Gasteiger partial charge in [0, 0.05) is 12.6 Å². The molecular formula is C13H25N3O. The zero-order valence-corrected chi connectivity index (χ0v) is 10.9. The first-order valence-corrected chi connectivity index (χ1v) is 6.86. The molecule has 4 heteroatoms. The normalized spacial score (nSPS) is 34.3. The molecule has 0 aromatic heterocycles. The molecule has 2 aliphatic rings. The Labute approximate surface area is 104 Å². The molecule has 2 heterocycles. The van der Waals surface area contributed by atoms with Crippen molar-refractivity contribution >= 4 is 5.91 Å². The van der Waals surface area contributed by atoms with E-state index in [4.69, 9.17) is 5.73 Å². The molecule has 0 radical (unpaired) electrons. The van der Waals surface area contributed by atoms with E-state index < -0.39 is 0 Å². The molecule has 2 rings (SSSR count). The lowest BCUT2D eigenvalue weighted by molar-refractivity contribution is -0.126. The maximum atomic E-state index is 11.3. The van der Waals surface area contributed by atoms with Gasteiger partial charge in [0.05, 0.1) is 5.41 Å². The number of carbonyl (C=O) groups excluding carboxylic acids is 1. The van der Waals surface area contributed by atoms with Crippen molar-refractivity contribution < 1.29 is 4.79 Å². The van der Waals surface area contributed by atoms with E-state index in [2.05, 4.69) is 10.2 Å². The van der Waals surface area contributed by atoms with Gasteiger partial charge >= 0.3 is 0 Å². The Balaban J connectivity index is 1.66. The largest absolute Gasteiger partial charge is 0.369 e. The number of primary amides is 1. The number of amides is 1. The fourth-order valence-corrected chi connectivity index (χ4v) is 3.01. The van der Waals surface area contributed by atoms with E-state index >= 15 is 0 Å². The molecular weight excluding hydrogens is 214 g/mol. The molecule has 17 heavy (non-hydrogen) atoms. The van der Waals surface area contributed by atoms with Crippen molar-refractivity contribution in [1.82, 2.24) is 10.2 Å². The van der Waals surface area contributed by atoms with Crippen LogP contribution >= 0.6 is 0 Å². The Morgan fingerprint density at radius 2 is 2.41 bits per heavy atom. The molecule has 2 fully saturated rings. The van der Waals surface area contributed by atoms with Crippen molar-refractivity contribution in [3.63, 3.8) is 0 Å². The van der Waals surface area contributed by atoms with Gasteiger partial charge in [-0.05, 0) is 58.7 Å². The standard InChI is InChI=1S/C13H25N3O/c1-13(12(14)17)6-9-16(10-13)8-3-5-11-4-2-7-15-11/h11,15H,2-10H2,1H3,(H2,14,17). The van der Waals surface area contributed by atoms with Gasteiger partial charge in [0.1, 0.15) is 0 Å². The summed E-state index contributed by atoms with van der Waals surface area (Å²) in [7, 11) is 0. The van der Waals surface area contributed by atoms with Gasteiger partial charge in [0.15, 0.2) is 0 Å². The SMILES string of the molecule is CC1(C(N)=O)CCN(CCCC2CCCN2)C1. The fourth-order valence-electron chi connectivity index (χ4n) is 3.01. The van der Waals surface area contributed by atoms with Gasteiger partial charge in [-0.25, -0.2) is 0 Å². The van der Waals surface area contributed by atoms with E-state index in [1.54, 1.807) is 0 Å². The summed E-state index contributed by atoms with van der Waals surface area (Å²) in [6, 6.07) is 0.736. The first-order chi connectivity index (χ1) is 8.10. The number of hydrogen-bond donors (Lipinski definition) is 2. The van der Waals surface area contributed by atoms with E-state index in [-0.39, 0.29) is 11.3 Å². The summed E-state index contributed by atoms with van der Waals surface area (Å²) >= 11 is 0. The maximum Gasteiger partial charge on any atom is 0.224 e. The van der Waals surface area contributed by atoms with Gasteiger partial charge in [-0.1, -0.05) is 0 Å². The zero-order valence-electron chi connectivity index (χ0n) is 10.9. The van der Waals surface area contributed by atoms with Crippen molar-refractivity contribution in [2.75, 3.05) is 26.2 Å². The van der Waals surface area contributed by atoms with Gasteiger partial charge in [-0.15, -0.1) is 0 Å². The minimum atomic E-state index is -0.286. The van der Waals surface area contributed by atoms with Gasteiger partial charge in [0.25, 0.3) is 0 Å². The monoisotopic (exact) mass is 239 g/mol.